The van der Waals surface area contributed by atoms with Crippen LogP contribution in [0.2, 0.25) is 0 Å². The Balaban J connectivity index is 1.75. The van der Waals surface area contributed by atoms with E-state index >= 15 is 0 Å². The van der Waals surface area contributed by atoms with E-state index in [4.69, 9.17) is 9.84 Å². The van der Waals surface area contributed by atoms with Crippen molar-refractivity contribution in [2.75, 3.05) is 6.54 Å². The summed E-state index contributed by atoms with van der Waals surface area (Å²) in [6.07, 6.45) is 2.36. The molecule has 2 aromatic rings. The topological polar surface area (TPSA) is 95.9 Å². The Bertz CT molecular complexity index is 1010. The van der Waals surface area contributed by atoms with E-state index in [9.17, 15) is 14.4 Å². The Labute approximate surface area is 200 Å². The molecule has 0 aromatic heterocycles. The van der Waals surface area contributed by atoms with Crippen LogP contribution < -0.4 is 10.1 Å². The number of rotatable bonds is 7. The van der Waals surface area contributed by atoms with Gasteiger partial charge in [0.15, 0.2) is 0 Å². The summed E-state index contributed by atoms with van der Waals surface area (Å²) in [4.78, 5) is 36.5. The van der Waals surface area contributed by atoms with Crippen LogP contribution in [0, 0.1) is 7.14 Å². The lowest BCUT2D eigenvalue weighted by Crippen LogP contribution is -2.31. The van der Waals surface area contributed by atoms with E-state index in [2.05, 4.69) is 50.5 Å². The summed E-state index contributed by atoms with van der Waals surface area (Å²) in [5, 5.41) is 11.6. The summed E-state index contributed by atoms with van der Waals surface area (Å²) in [7, 11) is 0. The molecule has 1 aliphatic rings. The summed E-state index contributed by atoms with van der Waals surface area (Å²) in [6, 6.07) is 9.88. The van der Waals surface area contributed by atoms with Crippen molar-refractivity contribution >= 4 is 69.2 Å². The van der Waals surface area contributed by atoms with Crippen molar-refractivity contribution < 1.29 is 24.2 Å². The van der Waals surface area contributed by atoms with E-state index in [1.54, 1.807) is 30.3 Å². The number of urea groups is 1. The van der Waals surface area contributed by atoms with Gasteiger partial charge in [0.1, 0.15) is 18.1 Å². The van der Waals surface area contributed by atoms with Gasteiger partial charge in [-0.1, -0.05) is 19.1 Å². The first-order valence-electron chi connectivity index (χ1n) is 9.08. The molecule has 1 heterocycles. The van der Waals surface area contributed by atoms with Gasteiger partial charge in [-0.15, -0.1) is 0 Å². The molecule has 0 saturated carbocycles. The molecule has 2 N–H and O–H groups in total. The first-order chi connectivity index (χ1) is 14.3. The minimum atomic E-state index is -0.967. The highest BCUT2D eigenvalue weighted by atomic mass is 127. The molecule has 1 saturated heterocycles. The van der Waals surface area contributed by atoms with Crippen molar-refractivity contribution in [3.05, 3.63) is 65.9 Å². The molecule has 156 valence electrons. The Morgan fingerprint density at radius 3 is 2.37 bits per heavy atom. The molecule has 0 radical (unpaired) electrons. The van der Waals surface area contributed by atoms with E-state index in [0.29, 0.717) is 25.3 Å². The second-order valence-electron chi connectivity index (χ2n) is 6.55. The zero-order valence-corrected chi connectivity index (χ0v) is 20.3. The number of halogens is 2. The maximum Gasteiger partial charge on any atom is 0.335 e. The highest BCUT2D eigenvalue weighted by Gasteiger charge is 2.32. The summed E-state index contributed by atoms with van der Waals surface area (Å²) in [5.41, 5.74) is 2.12. The van der Waals surface area contributed by atoms with Gasteiger partial charge >= 0.3 is 12.0 Å². The summed E-state index contributed by atoms with van der Waals surface area (Å²) in [6.45, 7) is 2.59. The predicted molar refractivity (Wildman–Crippen MR) is 128 cm³/mol. The van der Waals surface area contributed by atoms with E-state index < -0.39 is 12.0 Å². The smallest absolute Gasteiger partial charge is 0.335 e. The number of carbonyl (C=O) groups is 3. The van der Waals surface area contributed by atoms with Crippen LogP contribution in [0.25, 0.3) is 6.08 Å². The Kier molecular flexibility index (Phi) is 7.34. The average Bonchev–Trinajstić information content (AvgIpc) is 2.95. The van der Waals surface area contributed by atoms with Crippen LogP contribution in [0.15, 0.2) is 42.1 Å². The number of nitrogens with zero attached hydrogens (tertiary/aromatic N) is 1. The van der Waals surface area contributed by atoms with Gasteiger partial charge in [-0.3, -0.25) is 9.69 Å². The van der Waals surface area contributed by atoms with Gasteiger partial charge < -0.3 is 15.2 Å². The number of benzene rings is 2. The molecule has 2 aromatic carbocycles. The number of imide groups is 1. The first kappa shape index (κ1) is 22.5. The molecule has 0 bridgehead atoms. The highest BCUT2D eigenvalue weighted by Crippen LogP contribution is 2.31. The Morgan fingerprint density at radius 1 is 1.17 bits per heavy atom. The fraction of sp³-hybridized carbons (Fsp3) is 0.190. The Morgan fingerprint density at radius 2 is 1.80 bits per heavy atom. The fourth-order valence-corrected chi connectivity index (χ4v) is 4.99. The van der Waals surface area contributed by atoms with Crippen LogP contribution in [0.3, 0.4) is 0 Å². The number of hydrogen-bond acceptors (Lipinski definition) is 4. The van der Waals surface area contributed by atoms with Gasteiger partial charge in [-0.25, -0.2) is 9.59 Å². The van der Waals surface area contributed by atoms with Crippen molar-refractivity contribution in [3.63, 3.8) is 0 Å². The molecule has 3 rings (SSSR count). The maximum atomic E-state index is 12.4. The van der Waals surface area contributed by atoms with Crippen LogP contribution in [0.1, 0.15) is 34.8 Å². The van der Waals surface area contributed by atoms with Gasteiger partial charge in [0.05, 0.1) is 12.7 Å². The number of hydrogen-bond donors (Lipinski definition) is 2. The monoisotopic (exact) mass is 632 g/mol. The number of amides is 3. The SMILES string of the molecule is CCCN1C(=O)N/C(=C/c2cc(I)c(OCc3ccc(C(=O)O)cc3)c(I)c2)C1=O. The third-order valence-corrected chi connectivity index (χ3v) is 5.93. The van der Waals surface area contributed by atoms with Crippen LogP contribution in [-0.2, 0) is 11.4 Å². The van der Waals surface area contributed by atoms with Crippen molar-refractivity contribution in [3.8, 4) is 5.75 Å². The zero-order valence-electron chi connectivity index (χ0n) is 15.9. The third-order valence-electron chi connectivity index (χ3n) is 4.33. The number of nitrogens with one attached hydrogen (secondary N) is 1. The largest absolute Gasteiger partial charge is 0.487 e. The quantitative estimate of drug-likeness (QED) is 0.267. The van der Waals surface area contributed by atoms with E-state index in [0.717, 1.165) is 18.3 Å². The highest BCUT2D eigenvalue weighted by molar-refractivity contribution is 14.1. The van der Waals surface area contributed by atoms with Crippen LogP contribution in [0.4, 0.5) is 4.79 Å². The molecule has 0 unspecified atom stereocenters. The lowest BCUT2D eigenvalue weighted by atomic mass is 10.1. The number of aromatic carboxylic acids is 1. The molecule has 1 fully saturated rings. The lowest BCUT2D eigenvalue weighted by molar-refractivity contribution is -0.122. The number of carboxylic acid groups (broad SMARTS) is 1. The Hall–Kier alpha value is -2.15. The lowest BCUT2D eigenvalue weighted by Gasteiger charge is -2.12. The van der Waals surface area contributed by atoms with E-state index in [1.807, 2.05) is 19.1 Å². The first-order valence-corrected chi connectivity index (χ1v) is 11.2. The van der Waals surface area contributed by atoms with Gasteiger partial charge in [-0.05, 0) is 93.1 Å². The molecular weight excluding hydrogens is 614 g/mol. The average molecular weight is 632 g/mol. The van der Waals surface area contributed by atoms with Crippen molar-refractivity contribution in [1.29, 1.82) is 0 Å². The second kappa shape index (κ2) is 9.77. The molecule has 0 atom stereocenters. The predicted octanol–water partition coefficient (Wildman–Crippen LogP) is 4.48. The number of ether oxygens (including phenoxy) is 1. The maximum absolute atomic E-state index is 12.4. The summed E-state index contributed by atoms with van der Waals surface area (Å²) < 4.78 is 7.65. The second-order valence-corrected chi connectivity index (χ2v) is 8.87. The fourth-order valence-electron chi connectivity index (χ4n) is 2.86. The van der Waals surface area contributed by atoms with Gasteiger partial charge in [0.25, 0.3) is 5.91 Å². The minimum absolute atomic E-state index is 0.228. The van der Waals surface area contributed by atoms with E-state index in [1.165, 1.54) is 4.90 Å². The third kappa shape index (κ3) is 5.12. The standard InChI is InChI=1S/C21H18I2N2O5/c1-2-7-25-19(26)17(24-21(25)29)10-13-8-15(22)18(16(23)9-13)30-11-12-3-5-14(6-4-12)20(27)28/h3-6,8-10H,2,7,11H2,1H3,(H,24,29)(H,27,28)/b17-10+. The van der Waals surface area contributed by atoms with Crippen LogP contribution in [0.5, 0.6) is 5.75 Å². The van der Waals surface area contributed by atoms with Crippen molar-refractivity contribution in [2.24, 2.45) is 0 Å². The molecule has 3 amide bonds. The molecule has 7 nitrogen and oxygen atoms in total. The summed E-state index contributed by atoms with van der Waals surface area (Å²) >= 11 is 4.32. The van der Waals surface area contributed by atoms with Crippen LogP contribution >= 0.6 is 45.2 Å². The molecule has 0 spiro atoms. The van der Waals surface area contributed by atoms with Crippen molar-refractivity contribution in [2.45, 2.75) is 20.0 Å². The molecule has 30 heavy (non-hydrogen) atoms. The molecule has 9 heteroatoms. The van der Waals surface area contributed by atoms with Crippen molar-refractivity contribution in [1.82, 2.24) is 10.2 Å². The molecule has 0 aliphatic carbocycles. The number of carbonyl (C=O) groups excluding carboxylic acids is 2. The normalized spacial score (nSPS) is 14.9. The van der Waals surface area contributed by atoms with Crippen LogP contribution in [-0.4, -0.2) is 34.5 Å². The van der Waals surface area contributed by atoms with Gasteiger partial charge in [-0.2, -0.15) is 0 Å². The van der Waals surface area contributed by atoms with Gasteiger partial charge in [0, 0.05) is 6.54 Å². The number of carboxylic acids is 1. The minimum Gasteiger partial charge on any atom is -0.487 e. The van der Waals surface area contributed by atoms with Gasteiger partial charge in [0.2, 0.25) is 0 Å². The molecule has 1 aliphatic heterocycles. The van der Waals surface area contributed by atoms with E-state index in [-0.39, 0.29) is 17.2 Å². The summed E-state index contributed by atoms with van der Waals surface area (Å²) in [5.74, 6) is -0.585. The molecular formula is C21H18I2N2O5. The zero-order chi connectivity index (χ0) is 21.8.